The van der Waals surface area contributed by atoms with Crippen LogP contribution in [0.5, 0.6) is 0 Å². The molecule has 0 unspecified atom stereocenters. The predicted molar refractivity (Wildman–Crippen MR) is 61.4 cm³/mol. The molecule has 4 heteroatoms. The van der Waals surface area contributed by atoms with E-state index >= 15 is 0 Å². The lowest BCUT2D eigenvalue weighted by molar-refractivity contribution is -0.138. The molecule has 16 heavy (non-hydrogen) atoms. The number of fused-ring (bicyclic) bond motifs is 1. The minimum Gasteiger partial charge on any atom is -0.481 e. The van der Waals surface area contributed by atoms with Gasteiger partial charge in [0.15, 0.2) is 0 Å². The zero-order chi connectivity index (χ0) is 11.8. The second-order valence-corrected chi connectivity index (χ2v) is 4.59. The molecule has 0 aliphatic heterocycles. The van der Waals surface area contributed by atoms with Crippen molar-refractivity contribution in [3.05, 3.63) is 30.1 Å². The summed E-state index contributed by atoms with van der Waals surface area (Å²) in [6, 6.07) is 5.81. The number of hydrogen-bond donors (Lipinski definition) is 2. The molecule has 4 nitrogen and oxygen atoms in total. The van der Waals surface area contributed by atoms with Crippen molar-refractivity contribution in [2.45, 2.75) is 25.7 Å². The van der Waals surface area contributed by atoms with Crippen molar-refractivity contribution in [1.29, 1.82) is 0 Å². The van der Waals surface area contributed by atoms with E-state index in [4.69, 9.17) is 5.11 Å². The van der Waals surface area contributed by atoms with Gasteiger partial charge in [-0.05, 0) is 17.7 Å². The Labute approximate surface area is 93.3 Å². The summed E-state index contributed by atoms with van der Waals surface area (Å²) in [5, 5.41) is 8.86. The van der Waals surface area contributed by atoms with Crippen LogP contribution in [0.15, 0.2) is 24.5 Å². The van der Waals surface area contributed by atoms with Crippen LogP contribution < -0.4 is 0 Å². The summed E-state index contributed by atoms with van der Waals surface area (Å²) >= 11 is 0. The molecule has 0 fully saturated rings. The third-order valence-electron chi connectivity index (χ3n) is 2.79. The molecule has 0 spiro atoms. The molecule has 0 aliphatic rings. The number of aliphatic carboxylic acids is 1. The van der Waals surface area contributed by atoms with Crippen LogP contribution >= 0.6 is 0 Å². The van der Waals surface area contributed by atoms with Crippen LogP contribution in [0.3, 0.4) is 0 Å². The first-order valence-corrected chi connectivity index (χ1v) is 5.14. The number of carboxylic acid groups (broad SMARTS) is 1. The maximum absolute atomic E-state index is 10.8. The highest BCUT2D eigenvalue weighted by Crippen LogP contribution is 2.28. The van der Waals surface area contributed by atoms with E-state index in [0.29, 0.717) is 0 Å². The highest BCUT2D eigenvalue weighted by molar-refractivity contribution is 5.76. The molecule has 2 N–H and O–H groups in total. The maximum Gasteiger partial charge on any atom is 0.304 e. The summed E-state index contributed by atoms with van der Waals surface area (Å²) in [5.74, 6) is -0.783. The Bertz CT molecular complexity index is 529. The Balaban J connectivity index is 2.41. The average Bonchev–Trinajstić information content (AvgIpc) is 2.61. The van der Waals surface area contributed by atoms with Crippen molar-refractivity contribution < 1.29 is 9.90 Å². The fourth-order valence-corrected chi connectivity index (χ4v) is 1.84. The summed E-state index contributed by atoms with van der Waals surface area (Å²) in [6.45, 7) is 3.86. The van der Waals surface area contributed by atoms with Crippen molar-refractivity contribution in [2.75, 3.05) is 0 Å². The molecular weight excluding hydrogens is 204 g/mol. The molecule has 1 heterocycles. The van der Waals surface area contributed by atoms with Gasteiger partial charge in [-0.2, -0.15) is 0 Å². The molecule has 0 aliphatic carbocycles. The van der Waals surface area contributed by atoms with E-state index in [0.717, 1.165) is 16.6 Å². The molecule has 1 aromatic carbocycles. The van der Waals surface area contributed by atoms with Crippen LogP contribution in [0.4, 0.5) is 0 Å². The first-order valence-electron chi connectivity index (χ1n) is 5.14. The summed E-state index contributed by atoms with van der Waals surface area (Å²) < 4.78 is 0. The van der Waals surface area contributed by atoms with E-state index in [1.165, 1.54) is 0 Å². The maximum atomic E-state index is 10.8. The quantitative estimate of drug-likeness (QED) is 0.830. The van der Waals surface area contributed by atoms with E-state index in [1.54, 1.807) is 6.33 Å². The Morgan fingerprint density at radius 2 is 2.25 bits per heavy atom. The molecule has 84 valence electrons. The number of benzene rings is 1. The summed E-state index contributed by atoms with van der Waals surface area (Å²) in [5.41, 5.74) is 2.47. The monoisotopic (exact) mass is 218 g/mol. The van der Waals surface area contributed by atoms with Gasteiger partial charge in [-0.15, -0.1) is 0 Å². The van der Waals surface area contributed by atoms with Crippen molar-refractivity contribution in [3.63, 3.8) is 0 Å². The summed E-state index contributed by atoms with van der Waals surface area (Å²) in [7, 11) is 0. The largest absolute Gasteiger partial charge is 0.481 e. The number of hydrogen-bond acceptors (Lipinski definition) is 2. The average molecular weight is 218 g/mol. The third-order valence-corrected chi connectivity index (χ3v) is 2.79. The van der Waals surface area contributed by atoms with Crippen LogP contribution in [0.25, 0.3) is 11.0 Å². The van der Waals surface area contributed by atoms with Crippen LogP contribution in [0.2, 0.25) is 0 Å². The number of aromatic nitrogens is 2. The van der Waals surface area contributed by atoms with E-state index in [-0.39, 0.29) is 11.8 Å². The van der Waals surface area contributed by atoms with Crippen LogP contribution in [0.1, 0.15) is 25.8 Å². The lowest BCUT2D eigenvalue weighted by Gasteiger charge is -2.22. The van der Waals surface area contributed by atoms with Crippen LogP contribution in [0, 0.1) is 0 Å². The fourth-order valence-electron chi connectivity index (χ4n) is 1.84. The Kier molecular flexibility index (Phi) is 2.42. The predicted octanol–water partition coefficient (Wildman–Crippen LogP) is 2.32. The third kappa shape index (κ3) is 1.91. The number of imidazole rings is 1. The van der Waals surface area contributed by atoms with E-state index in [1.807, 2.05) is 32.0 Å². The van der Waals surface area contributed by atoms with Crippen molar-refractivity contribution in [3.8, 4) is 0 Å². The van der Waals surface area contributed by atoms with Gasteiger partial charge < -0.3 is 10.1 Å². The summed E-state index contributed by atoms with van der Waals surface area (Å²) in [6.07, 6.45) is 1.76. The molecule has 0 saturated heterocycles. The van der Waals surface area contributed by atoms with Gasteiger partial charge in [0.05, 0.1) is 23.8 Å². The second-order valence-electron chi connectivity index (χ2n) is 4.59. The second kappa shape index (κ2) is 3.63. The number of H-pyrrole nitrogens is 1. The molecule has 2 rings (SSSR count). The highest BCUT2D eigenvalue weighted by atomic mass is 16.4. The fraction of sp³-hybridized carbons (Fsp3) is 0.333. The highest BCUT2D eigenvalue weighted by Gasteiger charge is 2.24. The number of carbonyl (C=O) groups is 1. The molecular formula is C12H14N2O2. The number of nitrogens with zero attached hydrogens (tertiary/aromatic N) is 1. The number of rotatable bonds is 3. The summed E-state index contributed by atoms with van der Waals surface area (Å²) in [4.78, 5) is 17.9. The van der Waals surface area contributed by atoms with Gasteiger partial charge in [-0.1, -0.05) is 19.9 Å². The molecule has 0 radical (unpaired) electrons. The van der Waals surface area contributed by atoms with Gasteiger partial charge in [0, 0.05) is 5.41 Å². The Hall–Kier alpha value is -1.84. The number of nitrogens with one attached hydrogen (secondary N) is 1. The van der Waals surface area contributed by atoms with Gasteiger partial charge in [0.1, 0.15) is 0 Å². The minimum atomic E-state index is -0.783. The molecule has 1 aromatic heterocycles. The van der Waals surface area contributed by atoms with Gasteiger partial charge in [0.2, 0.25) is 0 Å². The Morgan fingerprint density at radius 1 is 1.50 bits per heavy atom. The lowest BCUT2D eigenvalue weighted by atomic mass is 9.81. The smallest absolute Gasteiger partial charge is 0.304 e. The zero-order valence-corrected chi connectivity index (χ0v) is 9.32. The molecule has 0 atom stereocenters. The normalized spacial score (nSPS) is 11.9. The van der Waals surface area contributed by atoms with E-state index in [9.17, 15) is 4.79 Å². The Morgan fingerprint density at radius 3 is 2.94 bits per heavy atom. The number of carboxylic acids is 1. The van der Waals surface area contributed by atoms with Crippen molar-refractivity contribution >= 4 is 17.0 Å². The molecule has 0 amide bonds. The minimum absolute atomic E-state index is 0.118. The zero-order valence-electron chi connectivity index (χ0n) is 9.32. The van der Waals surface area contributed by atoms with Crippen molar-refractivity contribution in [1.82, 2.24) is 9.97 Å². The van der Waals surface area contributed by atoms with Crippen molar-refractivity contribution in [2.24, 2.45) is 0 Å². The van der Waals surface area contributed by atoms with Crippen LogP contribution in [-0.2, 0) is 10.2 Å². The van der Waals surface area contributed by atoms with Gasteiger partial charge in [0.25, 0.3) is 0 Å². The van der Waals surface area contributed by atoms with Gasteiger partial charge in [-0.3, -0.25) is 4.79 Å². The van der Waals surface area contributed by atoms with Gasteiger partial charge in [-0.25, -0.2) is 4.98 Å². The topological polar surface area (TPSA) is 66.0 Å². The number of aromatic amines is 1. The first kappa shape index (κ1) is 10.7. The SMILES string of the molecule is CC(C)(CC(=O)O)c1ccc2nc[nH]c2c1. The lowest BCUT2D eigenvalue weighted by Crippen LogP contribution is -2.21. The standard InChI is InChI=1S/C12H14N2O2/c1-12(2,6-11(15)16)8-3-4-9-10(5-8)14-7-13-9/h3-5,7H,6H2,1-2H3,(H,13,14)(H,15,16). The molecule has 2 aromatic rings. The van der Waals surface area contributed by atoms with Crippen LogP contribution in [-0.4, -0.2) is 21.0 Å². The molecule has 0 saturated carbocycles. The van der Waals surface area contributed by atoms with E-state index in [2.05, 4.69) is 9.97 Å². The molecule has 0 bridgehead atoms. The first-order chi connectivity index (χ1) is 7.49. The van der Waals surface area contributed by atoms with E-state index < -0.39 is 5.97 Å². The van der Waals surface area contributed by atoms with Gasteiger partial charge >= 0.3 is 5.97 Å².